The number of urea groups is 1. The Labute approximate surface area is 102 Å². The number of benzene rings is 1. The SMILES string of the molecule is Nc1ccc(NC(=O)Nc2ccc(=O)[nH]n2)cc1. The van der Waals surface area contributed by atoms with Gasteiger partial charge >= 0.3 is 6.03 Å². The zero-order valence-electron chi connectivity index (χ0n) is 9.31. The maximum Gasteiger partial charge on any atom is 0.324 e. The molecular formula is C11H11N5O2. The van der Waals surface area contributed by atoms with Crippen LogP contribution in [0.5, 0.6) is 0 Å². The van der Waals surface area contributed by atoms with E-state index in [1.165, 1.54) is 12.1 Å². The third kappa shape index (κ3) is 3.08. The lowest BCUT2D eigenvalue weighted by molar-refractivity contribution is 0.262. The Morgan fingerprint density at radius 2 is 1.83 bits per heavy atom. The van der Waals surface area contributed by atoms with E-state index < -0.39 is 6.03 Å². The van der Waals surface area contributed by atoms with Crippen molar-refractivity contribution in [3.05, 3.63) is 46.8 Å². The minimum absolute atomic E-state index is 0.252. The minimum Gasteiger partial charge on any atom is -0.399 e. The van der Waals surface area contributed by atoms with Gasteiger partial charge < -0.3 is 11.1 Å². The number of H-pyrrole nitrogens is 1. The van der Waals surface area contributed by atoms with Crippen molar-refractivity contribution < 1.29 is 4.79 Å². The normalized spacial score (nSPS) is 9.78. The Balaban J connectivity index is 1.98. The van der Waals surface area contributed by atoms with Gasteiger partial charge in [0.05, 0.1) is 0 Å². The second-order valence-electron chi connectivity index (χ2n) is 3.51. The molecule has 92 valence electrons. The summed E-state index contributed by atoms with van der Waals surface area (Å²) in [6, 6.07) is 8.92. The van der Waals surface area contributed by atoms with Crippen LogP contribution in [0.1, 0.15) is 0 Å². The number of aromatic nitrogens is 2. The van der Waals surface area contributed by atoms with Gasteiger partial charge in [0.25, 0.3) is 5.56 Å². The van der Waals surface area contributed by atoms with Crippen molar-refractivity contribution in [2.75, 3.05) is 16.4 Å². The van der Waals surface area contributed by atoms with Crippen LogP contribution in [0.4, 0.5) is 22.0 Å². The number of nitrogens with two attached hydrogens (primary N) is 1. The lowest BCUT2D eigenvalue weighted by Gasteiger charge is -2.06. The first-order valence-electron chi connectivity index (χ1n) is 5.13. The molecule has 0 radical (unpaired) electrons. The van der Waals surface area contributed by atoms with Crippen molar-refractivity contribution in [1.29, 1.82) is 0 Å². The summed E-state index contributed by atoms with van der Waals surface area (Å²) in [7, 11) is 0. The molecule has 2 amide bonds. The fraction of sp³-hybridized carbons (Fsp3) is 0. The molecule has 0 atom stereocenters. The molecule has 5 N–H and O–H groups in total. The highest BCUT2D eigenvalue weighted by molar-refractivity contribution is 5.99. The number of amides is 2. The molecule has 1 aromatic carbocycles. The first-order chi connectivity index (χ1) is 8.63. The number of aromatic amines is 1. The fourth-order valence-electron chi connectivity index (χ4n) is 1.26. The second kappa shape index (κ2) is 5.00. The average Bonchev–Trinajstić information content (AvgIpc) is 2.35. The molecule has 0 bridgehead atoms. The third-order valence-electron chi connectivity index (χ3n) is 2.09. The summed E-state index contributed by atoms with van der Waals surface area (Å²) in [6.45, 7) is 0. The zero-order valence-corrected chi connectivity index (χ0v) is 9.31. The average molecular weight is 245 g/mol. The maximum absolute atomic E-state index is 11.6. The summed E-state index contributed by atoms with van der Waals surface area (Å²) in [5.74, 6) is 0.252. The number of rotatable bonds is 2. The molecule has 18 heavy (non-hydrogen) atoms. The van der Waals surface area contributed by atoms with E-state index in [-0.39, 0.29) is 11.4 Å². The van der Waals surface area contributed by atoms with Gasteiger partial charge in [0, 0.05) is 17.4 Å². The van der Waals surface area contributed by atoms with Crippen molar-refractivity contribution in [3.63, 3.8) is 0 Å². The molecule has 7 heteroatoms. The lowest BCUT2D eigenvalue weighted by atomic mass is 10.3. The predicted molar refractivity (Wildman–Crippen MR) is 68.4 cm³/mol. The summed E-state index contributed by atoms with van der Waals surface area (Å²) in [6.07, 6.45) is 0. The quantitative estimate of drug-likeness (QED) is 0.591. The summed E-state index contributed by atoms with van der Waals surface area (Å²) < 4.78 is 0. The molecule has 0 aliphatic carbocycles. The van der Waals surface area contributed by atoms with Gasteiger partial charge in [0.15, 0.2) is 5.82 Å². The second-order valence-corrected chi connectivity index (χ2v) is 3.51. The van der Waals surface area contributed by atoms with Crippen LogP contribution in [0, 0.1) is 0 Å². The number of nitrogen functional groups attached to an aromatic ring is 1. The van der Waals surface area contributed by atoms with Crippen molar-refractivity contribution in [2.45, 2.75) is 0 Å². The molecule has 0 aliphatic heterocycles. The highest BCUT2D eigenvalue weighted by Gasteiger charge is 2.03. The van der Waals surface area contributed by atoms with Gasteiger partial charge in [0.1, 0.15) is 0 Å². The summed E-state index contributed by atoms with van der Waals surface area (Å²) in [5, 5.41) is 10.9. The number of hydrogen-bond acceptors (Lipinski definition) is 4. The number of anilines is 3. The predicted octanol–water partition coefficient (Wildman–Crippen LogP) is 0.996. The Morgan fingerprint density at radius 3 is 2.44 bits per heavy atom. The van der Waals surface area contributed by atoms with E-state index in [0.29, 0.717) is 11.4 Å². The van der Waals surface area contributed by atoms with Gasteiger partial charge in [-0.15, -0.1) is 0 Å². The van der Waals surface area contributed by atoms with Crippen LogP contribution in [0.25, 0.3) is 0 Å². The van der Waals surface area contributed by atoms with Crippen LogP contribution in [-0.2, 0) is 0 Å². The van der Waals surface area contributed by atoms with Crippen molar-refractivity contribution in [2.24, 2.45) is 0 Å². The van der Waals surface area contributed by atoms with Gasteiger partial charge in [-0.25, -0.2) is 9.89 Å². The summed E-state index contributed by atoms with van der Waals surface area (Å²) >= 11 is 0. The van der Waals surface area contributed by atoms with Gasteiger partial charge in [0.2, 0.25) is 0 Å². The molecule has 0 saturated heterocycles. The van der Waals surface area contributed by atoms with E-state index in [9.17, 15) is 9.59 Å². The van der Waals surface area contributed by atoms with Crippen LogP contribution in [0.2, 0.25) is 0 Å². The number of carbonyl (C=O) groups excluding carboxylic acids is 1. The van der Waals surface area contributed by atoms with E-state index in [1.54, 1.807) is 24.3 Å². The Bertz CT molecular complexity index is 585. The van der Waals surface area contributed by atoms with Crippen molar-refractivity contribution in [1.82, 2.24) is 10.2 Å². The van der Waals surface area contributed by atoms with Gasteiger partial charge in [-0.2, -0.15) is 5.10 Å². The van der Waals surface area contributed by atoms with Crippen LogP contribution < -0.4 is 21.9 Å². The molecule has 0 fully saturated rings. The number of nitrogens with one attached hydrogen (secondary N) is 3. The first-order valence-corrected chi connectivity index (χ1v) is 5.13. The molecular weight excluding hydrogens is 234 g/mol. The molecule has 2 rings (SSSR count). The summed E-state index contributed by atoms with van der Waals surface area (Å²) in [5.41, 5.74) is 6.41. The van der Waals surface area contributed by atoms with Crippen LogP contribution in [0.15, 0.2) is 41.2 Å². The molecule has 0 aliphatic rings. The molecule has 1 heterocycles. The Kier molecular flexibility index (Phi) is 3.24. The van der Waals surface area contributed by atoms with Crippen molar-refractivity contribution >= 4 is 23.2 Å². The standard InChI is InChI=1S/C11H11N5O2/c12-7-1-3-8(4-2-7)13-11(18)14-9-5-6-10(17)16-15-9/h1-6H,12H2,(H,16,17)(H2,13,14,15,18). The first kappa shape index (κ1) is 11.6. The number of carbonyl (C=O) groups is 1. The van der Waals surface area contributed by atoms with Crippen LogP contribution >= 0.6 is 0 Å². The maximum atomic E-state index is 11.6. The number of nitrogens with zero attached hydrogens (tertiary/aromatic N) is 1. The highest BCUT2D eigenvalue weighted by Crippen LogP contribution is 2.10. The Morgan fingerprint density at radius 1 is 1.11 bits per heavy atom. The van der Waals surface area contributed by atoms with E-state index >= 15 is 0 Å². The lowest BCUT2D eigenvalue weighted by Crippen LogP contribution is -2.21. The van der Waals surface area contributed by atoms with Crippen LogP contribution in [0.3, 0.4) is 0 Å². The van der Waals surface area contributed by atoms with Gasteiger partial charge in [-0.05, 0) is 30.3 Å². The van der Waals surface area contributed by atoms with Crippen molar-refractivity contribution in [3.8, 4) is 0 Å². The minimum atomic E-state index is -0.459. The zero-order chi connectivity index (χ0) is 13.0. The fourth-order valence-corrected chi connectivity index (χ4v) is 1.26. The third-order valence-corrected chi connectivity index (χ3v) is 2.09. The molecule has 0 saturated carbocycles. The molecule has 2 aromatic rings. The van der Waals surface area contributed by atoms with E-state index in [1.807, 2.05) is 0 Å². The topological polar surface area (TPSA) is 113 Å². The highest BCUT2D eigenvalue weighted by atomic mass is 16.2. The molecule has 0 spiro atoms. The molecule has 1 aromatic heterocycles. The Hall–Kier alpha value is -2.83. The molecule has 7 nitrogen and oxygen atoms in total. The monoisotopic (exact) mass is 245 g/mol. The van der Waals surface area contributed by atoms with Gasteiger partial charge in [-0.1, -0.05) is 0 Å². The van der Waals surface area contributed by atoms with Gasteiger partial charge in [-0.3, -0.25) is 10.1 Å². The van der Waals surface area contributed by atoms with E-state index in [4.69, 9.17) is 5.73 Å². The van der Waals surface area contributed by atoms with E-state index in [0.717, 1.165) is 0 Å². The van der Waals surface area contributed by atoms with E-state index in [2.05, 4.69) is 20.8 Å². The molecule has 0 unspecified atom stereocenters. The summed E-state index contributed by atoms with van der Waals surface area (Å²) in [4.78, 5) is 22.3. The van der Waals surface area contributed by atoms with Crippen LogP contribution in [-0.4, -0.2) is 16.2 Å². The smallest absolute Gasteiger partial charge is 0.324 e. The largest absolute Gasteiger partial charge is 0.399 e. The number of hydrogen-bond donors (Lipinski definition) is 4.